The molecule has 0 fully saturated rings. The van der Waals surface area contributed by atoms with E-state index in [2.05, 4.69) is 0 Å². The summed E-state index contributed by atoms with van der Waals surface area (Å²) >= 11 is 0. The summed E-state index contributed by atoms with van der Waals surface area (Å²) in [6, 6.07) is 0. The van der Waals surface area contributed by atoms with Crippen LogP contribution in [-0.4, -0.2) is 22.8 Å². The number of unbranched alkanes of at least 4 members (excludes halogenated alkanes) is 1. The molecule has 0 heterocycles. The lowest BCUT2D eigenvalue weighted by Gasteiger charge is -1.94. The van der Waals surface area contributed by atoms with E-state index in [-0.39, 0.29) is 0 Å². The lowest BCUT2D eigenvalue weighted by atomic mass is 10.2. The van der Waals surface area contributed by atoms with Crippen molar-refractivity contribution in [1.29, 1.82) is 0 Å². The molecule has 0 radical (unpaired) electrons. The molecular weight excluding hydrogens is 146 g/mol. The van der Waals surface area contributed by atoms with Crippen LogP contribution < -0.4 is 5.48 Å². The van der Waals surface area contributed by atoms with Crippen molar-refractivity contribution in [2.75, 3.05) is 6.54 Å². The summed E-state index contributed by atoms with van der Waals surface area (Å²) in [5, 5.41) is 16.6. The number of carboxylic acid groups (broad SMARTS) is 1. The molecule has 11 heavy (non-hydrogen) atoms. The highest BCUT2D eigenvalue weighted by Gasteiger charge is 1.96. The Kier molecular flexibility index (Phi) is 5.42. The molecule has 0 amide bonds. The maximum absolute atomic E-state index is 10.2. The Hall–Kier alpha value is -0.870. The van der Waals surface area contributed by atoms with Gasteiger partial charge in [-0.1, -0.05) is 6.08 Å². The fourth-order valence-corrected chi connectivity index (χ4v) is 0.587. The molecule has 0 spiro atoms. The predicted molar refractivity (Wildman–Crippen MR) is 40.4 cm³/mol. The molecule has 0 aromatic carbocycles. The van der Waals surface area contributed by atoms with Gasteiger partial charge in [-0.15, -0.1) is 0 Å². The highest BCUT2D eigenvalue weighted by Crippen LogP contribution is 1.97. The van der Waals surface area contributed by atoms with Crippen LogP contribution in [0.4, 0.5) is 0 Å². The van der Waals surface area contributed by atoms with Crippen LogP contribution in [-0.2, 0) is 4.79 Å². The average molecular weight is 159 g/mol. The Morgan fingerprint density at radius 1 is 1.64 bits per heavy atom. The summed E-state index contributed by atoms with van der Waals surface area (Å²) < 4.78 is 0. The molecule has 0 aliphatic carbocycles. The largest absolute Gasteiger partial charge is 0.478 e. The van der Waals surface area contributed by atoms with E-state index in [4.69, 9.17) is 10.3 Å². The van der Waals surface area contributed by atoms with E-state index in [0.717, 1.165) is 6.42 Å². The van der Waals surface area contributed by atoms with Crippen LogP contribution in [0, 0.1) is 0 Å². The number of allylic oxidation sites excluding steroid dienone is 1. The number of aliphatic carboxylic acids is 1. The van der Waals surface area contributed by atoms with Crippen molar-refractivity contribution in [2.24, 2.45) is 0 Å². The Bertz CT molecular complexity index is 154. The molecule has 0 saturated carbocycles. The van der Waals surface area contributed by atoms with Gasteiger partial charge in [0.1, 0.15) is 0 Å². The average Bonchev–Trinajstić information content (AvgIpc) is 1.97. The number of rotatable bonds is 5. The van der Waals surface area contributed by atoms with E-state index in [1.54, 1.807) is 13.0 Å². The van der Waals surface area contributed by atoms with Crippen LogP contribution >= 0.6 is 0 Å². The van der Waals surface area contributed by atoms with E-state index in [0.29, 0.717) is 18.5 Å². The Balaban J connectivity index is 3.48. The first kappa shape index (κ1) is 10.1. The van der Waals surface area contributed by atoms with Gasteiger partial charge in [-0.25, -0.2) is 10.3 Å². The van der Waals surface area contributed by atoms with Gasteiger partial charge >= 0.3 is 5.97 Å². The second kappa shape index (κ2) is 5.88. The summed E-state index contributed by atoms with van der Waals surface area (Å²) in [5.74, 6) is -0.887. The first-order valence-corrected chi connectivity index (χ1v) is 3.45. The highest BCUT2D eigenvalue weighted by molar-refractivity contribution is 5.85. The highest BCUT2D eigenvalue weighted by atomic mass is 16.5. The zero-order valence-corrected chi connectivity index (χ0v) is 6.50. The number of hydrogen-bond acceptors (Lipinski definition) is 3. The maximum Gasteiger partial charge on any atom is 0.330 e. The molecule has 64 valence electrons. The summed E-state index contributed by atoms with van der Waals surface area (Å²) in [7, 11) is 0. The first-order valence-electron chi connectivity index (χ1n) is 3.45. The van der Waals surface area contributed by atoms with Crippen molar-refractivity contribution >= 4 is 5.97 Å². The second-order valence-corrected chi connectivity index (χ2v) is 2.24. The monoisotopic (exact) mass is 159 g/mol. The quantitative estimate of drug-likeness (QED) is 0.315. The Morgan fingerprint density at radius 2 is 2.27 bits per heavy atom. The van der Waals surface area contributed by atoms with Crippen molar-refractivity contribution in [3.63, 3.8) is 0 Å². The zero-order chi connectivity index (χ0) is 8.69. The van der Waals surface area contributed by atoms with Gasteiger partial charge in [0, 0.05) is 12.1 Å². The maximum atomic E-state index is 10.2. The van der Waals surface area contributed by atoms with E-state index in [9.17, 15) is 4.79 Å². The van der Waals surface area contributed by atoms with E-state index in [1.807, 2.05) is 5.48 Å². The van der Waals surface area contributed by atoms with Crippen LogP contribution in [0.2, 0.25) is 0 Å². The number of nitrogens with one attached hydrogen (secondary N) is 1. The van der Waals surface area contributed by atoms with E-state index >= 15 is 0 Å². The van der Waals surface area contributed by atoms with Gasteiger partial charge in [-0.05, 0) is 19.8 Å². The van der Waals surface area contributed by atoms with Gasteiger partial charge in [-0.3, -0.25) is 0 Å². The van der Waals surface area contributed by atoms with Crippen molar-refractivity contribution in [3.8, 4) is 0 Å². The third kappa shape index (κ3) is 5.57. The van der Waals surface area contributed by atoms with Crippen LogP contribution in [0.15, 0.2) is 11.6 Å². The van der Waals surface area contributed by atoms with Crippen LogP contribution in [0.5, 0.6) is 0 Å². The third-order valence-corrected chi connectivity index (χ3v) is 1.28. The molecule has 0 rings (SSSR count). The van der Waals surface area contributed by atoms with Crippen molar-refractivity contribution < 1.29 is 15.1 Å². The standard InChI is InChI=1S/C7H13NO3/c1-6(7(9)10)4-2-3-5-8-11/h4,8,11H,2-3,5H2,1H3,(H,9,10). The summed E-state index contributed by atoms with van der Waals surface area (Å²) in [6.07, 6.45) is 3.05. The minimum Gasteiger partial charge on any atom is -0.478 e. The van der Waals surface area contributed by atoms with Gasteiger partial charge in [0.2, 0.25) is 0 Å². The van der Waals surface area contributed by atoms with Crippen LogP contribution in [0.3, 0.4) is 0 Å². The van der Waals surface area contributed by atoms with Gasteiger partial charge in [0.15, 0.2) is 0 Å². The minimum atomic E-state index is -0.887. The number of carbonyl (C=O) groups is 1. The Labute approximate surface area is 65.5 Å². The molecule has 0 unspecified atom stereocenters. The molecule has 0 aliphatic heterocycles. The van der Waals surface area contributed by atoms with Crippen LogP contribution in [0.25, 0.3) is 0 Å². The fraction of sp³-hybridized carbons (Fsp3) is 0.571. The van der Waals surface area contributed by atoms with Crippen molar-refractivity contribution in [1.82, 2.24) is 5.48 Å². The van der Waals surface area contributed by atoms with Crippen molar-refractivity contribution in [2.45, 2.75) is 19.8 Å². The fourth-order valence-electron chi connectivity index (χ4n) is 0.587. The first-order chi connectivity index (χ1) is 5.18. The topological polar surface area (TPSA) is 69.6 Å². The molecule has 0 bridgehead atoms. The number of hydrogen-bond donors (Lipinski definition) is 3. The summed E-state index contributed by atoms with van der Waals surface area (Å²) in [5.41, 5.74) is 2.34. The lowest BCUT2D eigenvalue weighted by molar-refractivity contribution is -0.132. The Morgan fingerprint density at radius 3 is 2.73 bits per heavy atom. The normalized spacial score (nSPS) is 11.6. The molecule has 4 nitrogen and oxygen atoms in total. The summed E-state index contributed by atoms with van der Waals surface area (Å²) in [4.78, 5) is 10.2. The molecular formula is C7H13NO3. The lowest BCUT2D eigenvalue weighted by Crippen LogP contribution is -2.07. The molecule has 0 aromatic heterocycles. The predicted octanol–water partition coefficient (Wildman–Crippen LogP) is 0.776. The molecule has 3 N–H and O–H groups in total. The van der Waals surface area contributed by atoms with Crippen LogP contribution in [0.1, 0.15) is 19.8 Å². The summed E-state index contributed by atoms with van der Waals surface area (Å²) in [6.45, 7) is 2.04. The molecule has 4 heteroatoms. The molecule has 0 aliphatic rings. The molecule has 0 saturated heterocycles. The van der Waals surface area contributed by atoms with E-state index in [1.165, 1.54) is 0 Å². The molecule has 0 atom stereocenters. The van der Waals surface area contributed by atoms with Gasteiger partial charge < -0.3 is 10.3 Å². The number of hydroxylamine groups is 1. The number of carboxylic acids is 1. The second-order valence-electron chi connectivity index (χ2n) is 2.24. The molecule has 0 aromatic rings. The minimum absolute atomic E-state index is 0.350. The zero-order valence-electron chi connectivity index (χ0n) is 6.50. The third-order valence-electron chi connectivity index (χ3n) is 1.28. The van der Waals surface area contributed by atoms with Crippen molar-refractivity contribution in [3.05, 3.63) is 11.6 Å². The van der Waals surface area contributed by atoms with Gasteiger partial charge in [0.25, 0.3) is 0 Å². The van der Waals surface area contributed by atoms with Gasteiger partial charge in [-0.2, -0.15) is 0 Å². The SMILES string of the molecule is CC(=CCCCNO)C(=O)O. The smallest absolute Gasteiger partial charge is 0.330 e. The van der Waals surface area contributed by atoms with Gasteiger partial charge in [0.05, 0.1) is 0 Å². The van der Waals surface area contributed by atoms with E-state index < -0.39 is 5.97 Å².